The highest BCUT2D eigenvalue weighted by Crippen LogP contribution is 2.32. The highest BCUT2D eigenvalue weighted by molar-refractivity contribution is 6.08. The lowest BCUT2D eigenvalue weighted by Crippen LogP contribution is -2.44. The van der Waals surface area contributed by atoms with Gasteiger partial charge in [-0.05, 0) is 36.8 Å². The number of benzene rings is 2. The van der Waals surface area contributed by atoms with Crippen molar-refractivity contribution in [1.82, 2.24) is 5.32 Å². The molecule has 0 saturated heterocycles. The molecule has 3 rings (SSSR count). The molecule has 1 N–H and O–H groups in total. The van der Waals surface area contributed by atoms with E-state index in [1.165, 1.54) is 6.92 Å². The Kier molecular flexibility index (Phi) is 5.86. The number of urea groups is 1. The van der Waals surface area contributed by atoms with Gasteiger partial charge in [-0.2, -0.15) is 13.2 Å². The third-order valence-corrected chi connectivity index (χ3v) is 4.17. The van der Waals surface area contributed by atoms with Gasteiger partial charge in [0, 0.05) is 5.71 Å². The minimum Gasteiger partial charge on any atom is -0.457 e. The minimum atomic E-state index is -4.66. The second-order valence-electron chi connectivity index (χ2n) is 6.37. The Balaban J connectivity index is 1.86. The normalized spacial score (nSPS) is 19.2. The number of nitrogens with zero attached hydrogens (tertiary/aromatic N) is 1. The molecule has 2 aromatic rings. The van der Waals surface area contributed by atoms with Crippen molar-refractivity contribution in [2.45, 2.75) is 19.1 Å². The van der Waals surface area contributed by atoms with Crippen LogP contribution >= 0.6 is 0 Å². The Bertz CT molecular complexity index is 929. The number of ether oxygens (including phenoxy) is 2. The molecule has 2 amide bonds. The third kappa shape index (κ3) is 5.34. The van der Waals surface area contributed by atoms with Gasteiger partial charge in [0.25, 0.3) is 0 Å². The van der Waals surface area contributed by atoms with Crippen molar-refractivity contribution in [3.05, 3.63) is 60.2 Å². The van der Waals surface area contributed by atoms with Gasteiger partial charge < -0.3 is 14.8 Å². The van der Waals surface area contributed by atoms with Gasteiger partial charge >= 0.3 is 18.2 Å². The average molecular weight is 406 g/mol. The average Bonchev–Trinajstić information content (AvgIpc) is 2.66. The standard InChI is InChI=1S/C20H17F3N2O4/c1-12-16(18(26)28-11-20(21,22)23)17(25-19(27)24-12)13-6-5-9-15(10-13)29-14-7-3-2-4-8-14/h2-10,16-17H,11H2,1H3,(H,25,27). The first-order chi connectivity index (χ1) is 13.7. The summed E-state index contributed by atoms with van der Waals surface area (Å²) in [6.07, 6.45) is -4.66. The van der Waals surface area contributed by atoms with E-state index in [0.717, 1.165) is 0 Å². The molecule has 29 heavy (non-hydrogen) atoms. The zero-order valence-corrected chi connectivity index (χ0v) is 15.3. The van der Waals surface area contributed by atoms with Crippen LogP contribution in [0.5, 0.6) is 11.5 Å². The van der Waals surface area contributed by atoms with Crippen molar-refractivity contribution in [1.29, 1.82) is 0 Å². The molecule has 0 saturated carbocycles. The van der Waals surface area contributed by atoms with Gasteiger partial charge in [-0.15, -0.1) is 0 Å². The predicted octanol–water partition coefficient (Wildman–Crippen LogP) is 4.43. The van der Waals surface area contributed by atoms with Crippen LogP contribution in [0.3, 0.4) is 0 Å². The Morgan fingerprint density at radius 2 is 1.79 bits per heavy atom. The summed E-state index contributed by atoms with van der Waals surface area (Å²) in [5, 5.41) is 2.52. The van der Waals surface area contributed by atoms with Gasteiger partial charge in [-0.1, -0.05) is 30.3 Å². The van der Waals surface area contributed by atoms with Crippen LogP contribution < -0.4 is 10.1 Å². The molecule has 6 nitrogen and oxygen atoms in total. The Labute approximate surface area is 164 Å². The summed E-state index contributed by atoms with van der Waals surface area (Å²) in [4.78, 5) is 27.8. The number of rotatable bonds is 5. The molecule has 2 atom stereocenters. The second-order valence-corrected chi connectivity index (χ2v) is 6.37. The Hall–Kier alpha value is -3.36. The van der Waals surface area contributed by atoms with Crippen LogP contribution in [-0.4, -0.2) is 30.5 Å². The number of alkyl halides is 3. The maximum absolute atomic E-state index is 12.4. The summed E-state index contributed by atoms with van der Waals surface area (Å²) in [5.41, 5.74) is 0.537. The van der Waals surface area contributed by atoms with Crippen LogP contribution in [-0.2, 0) is 9.53 Å². The van der Waals surface area contributed by atoms with E-state index in [1.807, 2.05) is 6.07 Å². The second kappa shape index (κ2) is 8.34. The first-order valence-electron chi connectivity index (χ1n) is 8.65. The third-order valence-electron chi connectivity index (χ3n) is 4.17. The van der Waals surface area contributed by atoms with E-state index in [0.29, 0.717) is 17.1 Å². The van der Waals surface area contributed by atoms with Crippen molar-refractivity contribution >= 4 is 17.7 Å². The van der Waals surface area contributed by atoms with Crippen molar-refractivity contribution in [3.8, 4) is 11.5 Å². The molecular weight excluding hydrogens is 389 g/mol. The van der Waals surface area contributed by atoms with Crippen LogP contribution in [0.25, 0.3) is 0 Å². The molecule has 9 heteroatoms. The molecule has 2 unspecified atom stereocenters. The maximum Gasteiger partial charge on any atom is 0.422 e. The van der Waals surface area contributed by atoms with Gasteiger partial charge in [-0.3, -0.25) is 4.79 Å². The largest absolute Gasteiger partial charge is 0.457 e. The number of amides is 2. The monoisotopic (exact) mass is 406 g/mol. The number of para-hydroxylation sites is 1. The van der Waals surface area contributed by atoms with E-state index in [2.05, 4.69) is 15.0 Å². The number of hydrogen-bond acceptors (Lipinski definition) is 4. The molecule has 1 heterocycles. The van der Waals surface area contributed by atoms with Gasteiger partial charge in [0.2, 0.25) is 0 Å². The molecule has 152 valence electrons. The van der Waals surface area contributed by atoms with E-state index >= 15 is 0 Å². The van der Waals surface area contributed by atoms with Crippen LogP contribution in [0.4, 0.5) is 18.0 Å². The zero-order valence-electron chi connectivity index (χ0n) is 15.3. The lowest BCUT2D eigenvalue weighted by atomic mass is 9.88. The molecular formula is C20H17F3N2O4. The lowest BCUT2D eigenvalue weighted by molar-refractivity contribution is -0.188. The number of hydrogen-bond donors (Lipinski definition) is 1. The number of nitrogens with one attached hydrogen (secondary N) is 1. The fourth-order valence-electron chi connectivity index (χ4n) is 2.94. The van der Waals surface area contributed by atoms with Crippen LogP contribution in [0.1, 0.15) is 18.5 Å². The van der Waals surface area contributed by atoms with E-state index in [-0.39, 0.29) is 5.71 Å². The van der Waals surface area contributed by atoms with Crippen molar-refractivity contribution < 1.29 is 32.2 Å². The van der Waals surface area contributed by atoms with E-state index in [9.17, 15) is 22.8 Å². The first-order valence-corrected chi connectivity index (χ1v) is 8.65. The number of carbonyl (C=O) groups is 2. The molecule has 1 aliphatic rings. The Morgan fingerprint density at radius 3 is 2.48 bits per heavy atom. The number of aliphatic imine (C=N–C) groups is 1. The van der Waals surface area contributed by atoms with Crippen molar-refractivity contribution in [3.63, 3.8) is 0 Å². The van der Waals surface area contributed by atoms with Crippen molar-refractivity contribution in [2.24, 2.45) is 10.9 Å². The van der Waals surface area contributed by atoms with Gasteiger partial charge in [-0.25, -0.2) is 9.79 Å². The van der Waals surface area contributed by atoms with Crippen molar-refractivity contribution in [2.75, 3.05) is 6.61 Å². The number of carbonyl (C=O) groups excluding carboxylic acids is 2. The smallest absolute Gasteiger partial charge is 0.422 e. The van der Waals surface area contributed by atoms with Gasteiger partial charge in [0.15, 0.2) is 6.61 Å². The van der Waals surface area contributed by atoms with Crippen LogP contribution in [0, 0.1) is 5.92 Å². The summed E-state index contributed by atoms with van der Waals surface area (Å²) in [5.74, 6) is -1.30. The summed E-state index contributed by atoms with van der Waals surface area (Å²) in [7, 11) is 0. The van der Waals surface area contributed by atoms with Gasteiger partial charge in [0.1, 0.15) is 17.4 Å². The quantitative estimate of drug-likeness (QED) is 0.746. The summed E-state index contributed by atoms with van der Waals surface area (Å²) >= 11 is 0. The number of esters is 1. The molecule has 0 bridgehead atoms. The molecule has 0 aromatic heterocycles. The van der Waals surface area contributed by atoms with E-state index < -0.39 is 36.7 Å². The van der Waals surface area contributed by atoms with Gasteiger partial charge in [0.05, 0.1) is 6.04 Å². The molecule has 0 fully saturated rings. The molecule has 0 spiro atoms. The summed E-state index contributed by atoms with van der Waals surface area (Å²) < 4.78 is 47.4. The number of halogens is 3. The first kappa shape index (κ1) is 20.4. The highest BCUT2D eigenvalue weighted by atomic mass is 19.4. The van der Waals surface area contributed by atoms with E-state index in [1.54, 1.807) is 48.5 Å². The fraction of sp³-hybridized carbons (Fsp3) is 0.250. The maximum atomic E-state index is 12.4. The Morgan fingerprint density at radius 1 is 1.10 bits per heavy atom. The van der Waals surface area contributed by atoms with Crippen LogP contribution in [0.15, 0.2) is 59.6 Å². The fourth-order valence-corrected chi connectivity index (χ4v) is 2.94. The topological polar surface area (TPSA) is 77.0 Å². The summed E-state index contributed by atoms with van der Waals surface area (Å²) in [6.45, 7) is -0.316. The SMILES string of the molecule is CC1=NC(=O)NC(c2cccc(Oc3ccccc3)c2)C1C(=O)OCC(F)(F)F. The predicted molar refractivity (Wildman–Crippen MR) is 97.8 cm³/mol. The van der Waals surface area contributed by atoms with E-state index in [4.69, 9.17) is 4.74 Å². The lowest BCUT2D eigenvalue weighted by Gasteiger charge is -2.30. The summed E-state index contributed by atoms with van der Waals surface area (Å²) in [6, 6.07) is 13.9. The molecule has 1 aliphatic heterocycles. The molecule has 0 radical (unpaired) electrons. The minimum absolute atomic E-state index is 0.0697. The zero-order chi connectivity index (χ0) is 21.0. The van der Waals surface area contributed by atoms with Crippen LogP contribution in [0.2, 0.25) is 0 Å². The molecule has 0 aliphatic carbocycles. The molecule has 2 aromatic carbocycles. The highest BCUT2D eigenvalue weighted by Gasteiger charge is 2.40.